The van der Waals surface area contributed by atoms with Crippen molar-refractivity contribution in [1.29, 1.82) is 0 Å². The van der Waals surface area contributed by atoms with Crippen molar-refractivity contribution in [3.63, 3.8) is 0 Å². The van der Waals surface area contributed by atoms with Crippen LogP contribution in [0.15, 0.2) is 24.3 Å². The van der Waals surface area contributed by atoms with Crippen LogP contribution in [-0.2, 0) is 24.5 Å². The van der Waals surface area contributed by atoms with Gasteiger partial charge in [0.1, 0.15) is 11.9 Å². The van der Waals surface area contributed by atoms with Crippen LogP contribution in [0, 0.1) is 5.82 Å². The van der Waals surface area contributed by atoms with E-state index in [0.717, 1.165) is 31.2 Å². The van der Waals surface area contributed by atoms with Crippen LogP contribution in [0.5, 0.6) is 0 Å². The van der Waals surface area contributed by atoms with E-state index in [2.05, 4.69) is 10.6 Å². The predicted octanol–water partition coefficient (Wildman–Crippen LogP) is 1.97. The van der Waals surface area contributed by atoms with Crippen molar-refractivity contribution in [3.05, 3.63) is 35.6 Å². The Hall–Kier alpha value is -2.44. The minimum Gasteiger partial charge on any atom is -0.455 e. The lowest BCUT2D eigenvalue weighted by Crippen LogP contribution is -2.47. The van der Waals surface area contributed by atoms with Gasteiger partial charge in [-0.25, -0.2) is 4.39 Å². The molecule has 2 amide bonds. The second-order valence-electron chi connectivity index (χ2n) is 7.28. The molecular weight excluding hydrogens is 351 g/mol. The van der Waals surface area contributed by atoms with Crippen molar-refractivity contribution in [3.8, 4) is 0 Å². The van der Waals surface area contributed by atoms with Gasteiger partial charge in [-0.2, -0.15) is 0 Å². The average molecular weight is 376 g/mol. The van der Waals surface area contributed by atoms with Gasteiger partial charge in [0.15, 0.2) is 6.61 Å². The molecule has 6 nitrogen and oxygen atoms in total. The normalized spacial score (nSPS) is 21.8. The van der Waals surface area contributed by atoms with Gasteiger partial charge in [-0.1, -0.05) is 25.0 Å². The van der Waals surface area contributed by atoms with Gasteiger partial charge < -0.3 is 15.4 Å². The molecule has 2 fully saturated rings. The van der Waals surface area contributed by atoms with Crippen LogP contribution in [0.2, 0.25) is 0 Å². The largest absolute Gasteiger partial charge is 0.455 e. The number of carbonyl (C=O) groups is 3. The Balaban J connectivity index is 1.60. The van der Waals surface area contributed by atoms with E-state index < -0.39 is 29.9 Å². The fourth-order valence-electron chi connectivity index (χ4n) is 3.94. The maximum Gasteiger partial charge on any atom is 0.317 e. The van der Waals surface area contributed by atoms with Crippen LogP contribution < -0.4 is 10.6 Å². The van der Waals surface area contributed by atoms with Crippen LogP contribution >= 0.6 is 0 Å². The Labute approximate surface area is 157 Å². The number of amides is 2. The number of hydrogen-bond donors (Lipinski definition) is 2. The zero-order chi connectivity index (χ0) is 19.3. The molecule has 1 aromatic carbocycles. The van der Waals surface area contributed by atoms with E-state index in [0.29, 0.717) is 25.8 Å². The van der Waals surface area contributed by atoms with E-state index in [4.69, 9.17) is 4.74 Å². The zero-order valence-electron chi connectivity index (χ0n) is 15.3. The second-order valence-corrected chi connectivity index (χ2v) is 7.28. The summed E-state index contributed by atoms with van der Waals surface area (Å²) in [4.78, 5) is 36.8. The van der Waals surface area contributed by atoms with Crippen LogP contribution in [0.4, 0.5) is 4.39 Å². The summed E-state index contributed by atoms with van der Waals surface area (Å²) in [5, 5.41) is 5.39. The molecule has 1 saturated carbocycles. The molecule has 0 bridgehead atoms. The van der Waals surface area contributed by atoms with Gasteiger partial charge in [-0.15, -0.1) is 0 Å². The molecule has 146 valence electrons. The number of halogens is 1. The van der Waals surface area contributed by atoms with E-state index in [9.17, 15) is 18.8 Å². The Morgan fingerprint density at radius 1 is 1.15 bits per heavy atom. The lowest BCUT2D eigenvalue weighted by atomic mass is 9.79. The topological polar surface area (TPSA) is 84.5 Å². The van der Waals surface area contributed by atoms with Crippen molar-refractivity contribution in [1.82, 2.24) is 10.6 Å². The summed E-state index contributed by atoms with van der Waals surface area (Å²) in [7, 11) is 0. The van der Waals surface area contributed by atoms with E-state index >= 15 is 0 Å². The average Bonchev–Trinajstić information content (AvgIpc) is 3.08. The lowest BCUT2D eigenvalue weighted by molar-refractivity contribution is -0.154. The van der Waals surface area contributed by atoms with Gasteiger partial charge in [0.05, 0.1) is 5.41 Å². The molecule has 0 radical (unpaired) electrons. The number of nitrogens with one attached hydrogen (secondary N) is 2. The molecule has 2 aliphatic rings. The highest BCUT2D eigenvalue weighted by molar-refractivity contribution is 5.90. The van der Waals surface area contributed by atoms with Crippen LogP contribution in [0.1, 0.15) is 50.5 Å². The summed E-state index contributed by atoms with van der Waals surface area (Å²) in [5.41, 5.74) is -0.108. The first-order valence-electron chi connectivity index (χ1n) is 9.52. The molecule has 1 atom stereocenters. The first-order valence-corrected chi connectivity index (χ1v) is 9.52. The summed E-state index contributed by atoms with van der Waals surface area (Å²) < 4.78 is 18.5. The van der Waals surface area contributed by atoms with E-state index in [1.807, 2.05) is 0 Å². The van der Waals surface area contributed by atoms with Gasteiger partial charge >= 0.3 is 5.97 Å². The second kappa shape index (κ2) is 8.50. The monoisotopic (exact) mass is 376 g/mol. The molecule has 27 heavy (non-hydrogen) atoms. The molecule has 3 rings (SSSR count). The third-order valence-corrected chi connectivity index (χ3v) is 5.45. The molecule has 1 aliphatic heterocycles. The van der Waals surface area contributed by atoms with Crippen molar-refractivity contribution in [2.45, 2.75) is 56.4 Å². The summed E-state index contributed by atoms with van der Waals surface area (Å²) in [6.45, 7) is 0.186. The molecule has 1 saturated heterocycles. The van der Waals surface area contributed by atoms with Gasteiger partial charge in [0.2, 0.25) is 5.91 Å². The molecule has 1 aromatic rings. The number of benzene rings is 1. The maximum atomic E-state index is 13.2. The zero-order valence-corrected chi connectivity index (χ0v) is 15.3. The minimum atomic E-state index is -0.826. The quantitative estimate of drug-likeness (QED) is 0.770. The molecule has 1 heterocycles. The molecule has 0 spiro atoms. The van der Waals surface area contributed by atoms with Crippen LogP contribution in [0.3, 0.4) is 0 Å². The Morgan fingerprint density at radius 3 is 2.56 bits per heavy atom. The highest BCUT2D eigenvalue weighted by Crippen LogP contribution is 2.42. The number of carbonyl (C=O) groups excluding carboxylic acids is 3. The van der Waals surface area contributed by atoms with E-state index in [1.165, 1.54) is 12.1 Å². The fraction of sp³-hybridized carbons (Fsp3) is 0.550. The maximum absolute atomic E-state index is 13.2. The molecule has 2 N–H and O–H groups in total. The summed E-state index contributed by atoms with van der Waals surface area (Å²) in [6, 6.07) is 5.30. The van der Waals surface area contributed by atoms with Crippen molar-refractivity contribution < 1.29 is 23.5 Å². The number of esters is 1. The van der Waals surface area contributed by atoms with E-state index in [1.54, 1.807) is 12.1 Å². The summed E-state index contributed by atoms with van der Waals surface area (Å²) >= 11 is 0. The third kappa shape index (κ3) is 4.46. The number of hydrogen-bond acceptors (Lipinski definition) is 4. The molecular formula is C20H25FN2O4. The molecule has 0 unspecified atom stereocenters. The first kappa shape index (κ1) is 19.3. The molecule has 0 aromatic heterocycles. The van der Waals surface area contributed by atoms with Gasteiger partial charge in [-0.05, 0) is 49.8 Å². The Bertz CT molecular complexity index is 698. The standard InChI is InChI=1S/C20H25FN2O4/c21-15-8-6-14(7-9-15)20(10-2-3-11-20)19(26)27-13-17(24)23-16-5-1-4-12-22-18(16)25/h6-9,16H,1-5,10-13H2,(H,22,25)(H,23,24)/t16-/m0/s1. The van der Waals surface area contributed by atoms with Crippen molar-refractivity contribution in [2.75, 3.05) is 13.2 Å². The third-order valence-electron chi connectivity index (χ3n) is 5.45. The fourth-order valence-corrected chi connectivity index (χ4v) is 3.94. The van der Waals surface area contributed by atoms with Gasteiger partial charge in [0, 0.05) is 6.54 Å². The van der Waals surface area contributed by atoms with Crippen LogP contribution in [0.25, 0.3) is 0 Å². The molecule has 1 aliphatic carbocycles. The summed E-state index contributed by atoms with van der Waals surface area (Å²) in [6.07, 6.45) is 5.28. The number of ether oxygens (including phenoxy) is 1. The summed E-state index contributed by atoms with van der Waals surface area (Å²) in [5.74, 6) is -1.52. The number of rotatable bonds is 5. The van der Waals surface area contributed by atoms with E-state index in [-0.39, 0.29) is 11.7 Å². The first-order chi connectivity index (χ1) is 13.0. The minimum absolute atomic E-state index is 0.203. The molecule has 7 heteroatoms. The Morgan fingerprint density at radius 2 is 1.85 bits per heavy atom. The lowest BCUT2D eigenvalue weighted by Gasteiger charge is -2.27. The van der Waals surface area contributed by atoms with Crippen molar-refractivity contribution in [2.24, 2.45) is 0 Å². The van der Waals surface area contributed by atoms with Crippen molar-refractivity contribution >= 4 is 17.8 Å². The highest BCUT2D eigenvalue weighted by atomic mass is 19.1. The SMILES string of the molecule is O=C(COC(=O)C1(c2ccc(F)cc2)CCCC1)N[C@H]1CCCCNC1=O. The Kier molecular flexibility index (Phi) is 6.08. The van der Waals surface area contributed by atoms with Gasteiger partial charge in [0.25, 0.3) is 5.91 Å². The van der Waals surface area contributed by atoms with Crippen LogP contribution in [-0.4, -0.2) is 37.0 Å². The van der Waals surface area contributed by atoms with Gasteiger partial charge in [-0.3, -0.25) is 14.4 Å². The highest BCUT2D eigenvalue weighted by Gasteiger charge is 2.44. The predicted molar refractivity (Wildman–Crippen MR) is 96.3 cm³/mol. The smallest absolute Gasteiger partial charge is 0.317 e.